The standard InChI is InChI=1S/C10H18N2O3S/c1-10(2,3)12-7(13)4-8-11-6(5-16-8)9(14)15/h6,8,11H,4-5H2,1-3H3,(H,12,13)(H,14,15)/t6-,8?/m1/s1. The van der Waals surface area contributed by atoms with Gasteiger partial charge in [0.1, 0.15) is 6.04 Å². The highest BCUT2D eigenvalue weighted by Crippen LogP contribution is 2.21. The lowest BCUT2D eigenvalue weighted by molar-refractivity contribution is -0.138. The number of hydrogen-bond acceptors (Lipinski definition) is 4. The molecule has 1 aliphatic rings. The van der Waals surface area contributed by atoms with E-state index in [1.165, 1.54) is 11.8 Å². The number of aliphatic carboxylic acids is 1. The largest absolute Gasteiger partial charge is 0.480 e. The Morgan fingerprint density at radius 3 is 2.56 bits per heavy atom. The summed E-state index contributed by atoms with van der Waals surface area (Å²) in [5.74, 6) is -0.391. The first-order chi connectivity index (χ1) is 7.28. The Bertz CT molecular complexity index is 288. The first kappa shape index (κ1) is 13.3. The average Bonchev–Trinajstić information content (AvgIpc) is 2.48. The van der Waals surface area contributed by atoms with Gasteiger partial charge in [0.25, 0.3) is 0 Å². The van der Waals surface area contributed by atoms with Crippen molar-refractivity contribution in [1.82, 2.24) is 10.6 Å². The Hall–Kier alpha value is -0.750. The summed E-state index contributed by atoms with van der Waals surface area (Å²) in [6.45, 7) is 5.75. The van der Waals surface area contributed by atoms with Gasteiger partial charge in [-0.1, -0.05) is 0 Å². The van der Waals surface area contributed by atoms with Crippen molar-refractivity contribution in [2.24, 2.45) is 0 Å². The van der Waals surface area contributed by atoms with Crippen molar-refractivity contribution < 1.29 is 14.7 Å². The van der Waals surface area contributed by atoms with E-state index < -0.39 is 12.0 Å². The highest BCUT2D eigenvalue weighted by molar-refractivity contribution is 8.00. The monoisotopic (exact) mass is 246 g/mol. The van der Waals surface area contributed by atoms with E-state index in [1.807, 2.05) is 20.8 Å². The molecule has 92 valence electrons. The predicted octanol–water partition coefficient (Wildman–Crippen LogP) is 0.407. The Balaban J connectivity index is 2.34. The van der Waals surface area contributed by atoms with E-state index in [2.05, 4.69) is 10.6 Å². The second-order valence-electron chi connectivity index (χ2n) is 4.88. The van der Waals surface area contributed by atoms with Gasteiger partial charge in [-0.3, -0.25) is 14.9 Å². The number of thioether (sulfide) groups is 1. The van der Waals surface area contributed by atoms with Crippen LogP contribution in [0.4, 0.5) is 0 Å². The van der Waals surface area contributed by atoms with Crippen molar-refractivity contribution in [3.63, 3.8) is 0 Å². The third-order valence-electron chi connectivity index (χ3n) is 2.03. The van der Waals surface area contributed by atoms with Gasteiger partial charge in [-0.05, 0) is 20.8 Å². The van der Waals surface area contributed by atoms with Gasteiger partial charge in [0.2, 0.25) is 5.91 Å². The minimum absolute atomic E-state index is 0.0523. The first-order valence-corrected chi connectivity index (χ1v) is 6.24. The van der Waals surface area contributed by atoms with Crippen LogP contribution in [0.1, 0.15) is 27.2 Å². The summed E-state index contributed by atoms with van der Waals surface area (Å²) in [6, 6.07) is -0.530. The smallest absolute Gasteiger partial charge is 0.321 e. The highest BCUT2D eigenvalue weighted by atomic mass is 32.2. The Morgan fingerprint density at radius 2 is 2.12 bits per heavy atom. The molecule has 0 aromatic heterocycles. The van der Waals surface area contributed by atoms with E-state index in [-0.39, 0.29) is 16.8 Å². The fraction of sp³-hybridized carbons (Fsp3) is 0.800. The maximum Gasteiger partial charge on any atom is 0.321 e. The summed E-state index contributed by atoms with van der Waals surface area (Å²) in [7, 11) is 0. The second-order valence-corrected chi connectivity index (χ2v) is 6.12. The zero-order valence-corrected chi connectivity index (χ0v) is 10.6. The van der Waals surface area contributed by atoms with Gasteiger partial charge in [-0.2, -0.15) is 0 Å². The number of amides is 1. The third kappa shape index (κ3) is 4.40. The van der Waals surface area contributed by atoms with Gasteiger partial charge >= 0.3 is 5.97 Å². The number of carbonyl (C=O) groups excluding carboxylic acids is 1. The molecule has 5 nitrogen and oxygen atoms in total. The van der Waals surface area contributed by atoms with E-state index in [1.54, 1.807) is 0 Å². The van der Waals surface area contributed by atoms with E-state index >= 15 is 0 Å². The number of carboxylic acid groups (broad SMARTS) is 1. The number of hydrogen-bond donors (Lipinski definition) is 3. The van der Waals surface area contributed by atoms with E-state index in [0.29, 0.717) is 12.2 Å². The van der Waals surface area contributed by atoms with Gasteiger partial charge < -0.3 is 10.4 Å². The molecule has 0 aliphatic carbocycles. The molecule has 0 saturated carbocycles. The predicted molar refractivity (Wildman–Crippen MR) is 63.3 cm³/mol. The van der Waals surface area contributed by atoms with Crippen LogP contribution in [0.25, 0.3) is 0 Å². The lowest BCUT2D eigenvalue weighted by Crippen LogP contribution is -2.44. The summed E-state index contributed by atoms with van der Waals surface area (Å²) < 4.78 is 0. The van der Waals surface area contributed by atoms with Crippen LogP contribution in [-0.4, -0.2) is 39.7 Å². The van der Waals surface area contributed by atoms with Gasteiger partial charge in [0.15, 0.2) is 0 Å². The number of carboxylic acids is 1. The molecule has 1 aliphatic heterocycles. The summed E-state index contributed by atoms with van der Waals surface area (Å²) in [4.78, 5) is 22.3. The summed E-state index contributed by atoms with van der Waals surface area (Å²) in [5, 5.41) is 14.4. The van der Waals surface area contributed by atoms with Crippen LogP contribution in [0.2, 0.25) is 0 Å². The number of carbonyl (C=O) groups is 2. The lowest BCUT2D eigenvalue weighted by Gasteiger charge is -2.21. The maximum atomic E-state index is 11.6. The molecule has 0 radical (unpaired) electrons. The van der Waals surface area contributed by atoms with Crippen molar-refractivity contribution in [2.75, 3.05) is 5.75 Å². The normalized spacial score (nSPS) is 25.4. The summed E-state index contributed by atoms with van der Waals surface area (Å²) >= 11 is 1.48. The fourth-order valence-electron chi connectivity index (χ4n) is 1.43. The molecule has 1 heterocycles. The van der Waals surface area contributed by atoms with Crippen molar-refractivity contribution in [2.45, 2.75) is 44.1 Å². The second kappa shape index (κ2) is 5.05. The molecule has 0 bridgehead atoms. The highest BCUT2D eigenvalue weighted by Gasteiger charge is 2.31. The molecule has 0 spiro atoms. The van der Waals surface area contributed by atoms with Gasteiger partial charge in [-0.25, -0.2) is 0 Å². The summed E-state index contributed by atoms with van der Waals surface area (Å²) in [5.41, 5.74) is -0.243. The number of rotatable bonds is 3. The lowest BCUT2D eigenvalue weighted by atomic mass is 10.1. The molecule has 1 amide bonds. The Labute approximate surface area is 99.4 Å². The van der Waals surface area contributed by atoms with Crippen LogP contribution in [0, 0.1) is 0 Å². The van der Waals surface area contributed by atoms with Crippen LogP contribution in [-0.2, 0) is 9.59 Å². The van der Waals surface area contributed by atoms with Crippen LogP contribution < -0.4 is 10.6 Å². The third-order valence-corrected chi connectivity index (χ3v) is 3.27. The molecular weight excluding hydrogens is 228 g/mol. The minimum Gasteiger partial charge on any atom is -0.480 e. The molecule has 1 saturated heterocycles. The Kier molecular flexibility index (Phi) is 4.21. The van der Waals surface area contributed by atoms with Crippen LogP contribution in [0.15, 0.2) is 0 Å². The molecule has 3 N–H and O–H groups in total. The summed E-state index contributed by atoms with van der Waals surface area (Å²) in [6.07, 6.45) is 0.311. The molecule has 0 aromatic carbocycles. The fourth-order valence-corrected chi connectivity index (χ4v) is 2.62. The van der Waals surface area contributed by atoms with Crippen molar-refractivity contribution in [3.8, 4) is 0 Å². The quantitative estimate of drug-likeness (QED) is 0.672. The first-order valence-electron chi connectivity index (χ1n) is 5.19. The molecule has 1 unspecified atom stereocenters. The van der Waals surface area contributed by atoms with Crippen molar-refractivity contribution in [3.05, 3.63) is 0 Å². The zero-order chi connectivity index (χ0) is 12.3. The topological polar surface area (TPSA) is 78.4 Å². The zero-order valence-electron chi connectivity index (χ0n) is 9.74. The van der Waals surface area contributed by atoms with Crippen LogP contribution in [0.5, 0.6) is 0 Å². The Morgan fingerprint density at radius 1 is 1.50 bits per heavy atom. The van der Waals surface area contributed by atoms with Gasteiger partial charge in [0, 0.05) is 11.3 Å². The molecule has 2 atom stereocenters. The molecule has 0 aromatic rings. The van der Waals surface area contributed by atoms with Gasteiger partial charge in [-0.15, -0.1) is 11.8 Å². The number of nitrogens with one attached hydrogen (secondary N) is 2. The van der Waals surface area contributed by atoms with Crippen molar-refractivity contribution in [1.29, 1.82) is 0 Å². The van der Waals surface area contributed by atoms with Crippen LogP contribution >= 0.6 is 11.8 Å². The van der Waals surface area contributed by atoms with E-state index in [9.17, 15) is 9.59 Å². The van der Waals surface area contributed by atoms with Crippen molar-refractivity contribution >= 4 is 23.6 Å². The SMILES string of the molecule is CC(C)(C)NC(=O)CC1N[C@@H](C(=O)O)CS1. The average molecular weight is 246 g/mol. The molecule has 16 heavy (non-hydrogen) atoms. The van der Waals surface area contributed by atoms with E-state index in [4.69, 9.17) is 5.11 Å². The molecule has 1 fully saturated rings. The molecule has 1 rings (SSSR count). The van der Waals surface area contributed by atoms with E-state index in [0.717, 1.165) is 0 Å². The maximum absolute atomic E-state index is 11.6. The molecule has 6 heteroatoms. The minimum atomic E-state index is -0.855. The molecular formula is C10H18N2O3S. The van der Waals surface area contributed by atoms with Gasteiger partial charge in [0.05, 0.1) is 11.8 Å². The van der Waals surface area contributed by atoms with Crippen LogP contribution in [0.3, 0.4) is 0 Å².